The SMILES string of the molecule is Fc1cc(Nc2ccc3nnnn3n2)ccc1Oc1cc(Cl)ccc1Cl. The van der Waals surface area contributed by atoms with Crippen LogP contribution in [0.25, 0.3) is 5.65 Å². The molecular formula is C16H9Cl2FN6O. The normalized spacial score (nSPS) is 10.9. The molecule has 2 heterocycles. The minimum Gasteiger partial charge on any atom is -0.453 e. The molecule has 1 N–H and O–H groups in total. The number of tetrazole rings is 1. The van der Waals surface area contributed by atoms with Crippen LogP contribution in [0.1, 0.15) is 0 Å². The van der Waals surface area contributed by atoms with E-state index in [2.05, 4.69) is 25.9 Å². The second-order valence-corrected chi connectivity index (χ2v) is 6.04. The van der Waals surface area contributed by atoms with Crippen molar-refractivity contribution in [2.45, 2.75) is 0 Å². The molecule has 0 radical (unpaired) electrons. The summed E-state index contributed by atoms with van der Waals surface area (Å²) in [7, 11) is 0. The Bertz CT molecular complexity index is 1100. The summed E-state index contributed by atoms with van der Waals surface area (Å²) in [4.78, 5) is 0. The van der Waals surface area contributed by atoms with E-state index in [1.807, 2.05) is 0 Å². The molecule has 0 bridgehead atoms. The molecule has 0 aliphatic heterocycles. The number of hydrogen-bond donors (Lipinski definition) is 1. The highest BCUT2D eigenvalue weighted by molar-refractivity contribution is 6.34. The molecule has 0 aliphatic rings. The zero-order valence-electron chi connectivity index (χ0n) is 12.9. The number of rotatable bonds is 4. The van der Waals surface area contributed by atoms with Crippen molar-refractivity contribution in [2.24, 2.45) is 0 Å². The van der Waals surface area contributed by atoms with Crippen molar-refractivity contribution in [1.29, 1.82) is 0 Å². The van der Waals surface area contributed by atoms with Crippen molar-refractivity contribution in [2.75, 3.05) is 5.32 Å². The first-order valence-corrected chi connectivity index (χ1v) is 8.09. The van der Waals surface area contributed by atoms with Crippen molar-refractivity contribution in [3.63, 3.8) is 0 Å². The van der Waals surface area contributed by atoms with E-state index < -0.39 is 5.82 Å². The summed E-state index contributed by atoms with van der Waals surface area (Å²) in [6.07, 6.45) is 0. The van der Waals surface area contributed by atoms with Gasteiger partial charge in [-0.25, -0.2) is 4.39 Å². The Morgan fingerprint density at radius 3 is 2.73 bits per heavy atom. The van der Waals surface area contributed by atoms with Gasteiger partial charge in [-0.15, -0.1) is 14.8 Å². The largest absolute Gasteiger partial charge is 0.453 e. The number of nitrogens with zero attached hydrogens (tertiary/aromatic N) is 5. The molecule has 7 nitrogen and oxygen atoms in total. The number of ether oxygens (including phenoxy) is 1. The predicted molar refractivity (Wildman–Crippen MR) is 94.8 cm³/mol. The number of fused-ring (bicyclic) bond motifs is 1. The highest BCUT2D eigenvalue weighted by Crippen LogP contribution is 2.34. The van der Waals surface area contributed by atoms with E-state index in [0.717, 1.165) is 0 Å². The molecular weight excluding hydrogens is 382 g/mol. The summed E-state index contributed by atoms with van der Waals surface area (Å²) in [6, 6.07) is 12.5. The molecule has 0 saturated carbocycles. The Hall–Kier alpha value is -2.97. The molecule has 4 rings (SSSR count). The highest BCUT2D eigenvalue weighted by atomic mass is 35.5. The number of anilines is 2. The number of benzene rings is 2. The fraction of sp³-hybridized carbons (Fsp3) is 0. The van der Waals surface area contributed by atoms with Gasteiger partial charge in [0.15, 0.2) is 23.0 Å². The van der Waals surface area contributed by atoms with Crippen molar-refractivity contribution >= 4 is 40.4 Å². The average molecular weight is 391 g/mol. The maximum absolute atomic E-state index is 14.4. The number of hydrogen-bond acceptors (Lipinski definition) is 6. The van der Waals surface area contributed by atoms with Gasteiger partial charge >= 0.3 is 0 Å². The average Bonchev–Trinajstić information content (AvgIpc) is 3.08. The van der Waals surface area contributed by atoms with Gasteiger partial charge in [-0.1, -0.05) is 23.2 Å². The third kappa shape index (κ3) is 3.37. The molecule has 0 amide bonds. The Morgan fingerprint density at radius 2 is 1.88 bits per heavy atom. The van der Waals surface area contributed by atoms with Crippen LogP contribution in [0.15, 0.2) is 48.5 Å². The van der Waals surface area contributed by atoms with E-state index in [1.165, 1.54) is 22.8 Å². The van der Waals surface area contributed by atoms with Gasteiger partial charge in [-0.2, -0.15) is 0 Å². The van der Waals surface area contributed by atoms with Crippen LogP contribution in [0, 0.1) is 5.82 Å². The van der Waals surface area contributed by atoms with Crippen molar-refractivity contribution < 1.29 is 9.13 Å². The van der Waals surface area contributed by atoms with E-state index in [0.29, 0.717) is 27.2 Å². The van der Waals surface area contributed by atoms with E-state index in [9.17, 15) is 4.39 Å². The van der Waals surface area contributed by atoms with Gasteiger partial charge in [0.2, 0.25) is 0 Å². The molecule has 4 aromatic rings. The predicted octanol–water partition coefficient (Wildman–Crippen LogP) is 4.50. The van der Waals surface area contributed by atoms with Crippen LogP contribution >= 0.6 is 23.2 Å². The lowest BCUT2D eigenvalue weighted by atomic mass is 10.2. The number of aromatic nitrogens is 5. The summed E-state index contributed by atoms with van der Waals surface area (Å²) in [5, 5.41) is 18.9. The van der Waals surface area contributed by atoms with Gasteiger partial charge in [0.1, 0.15) is 5.75 Å². The van der Waals surface area contributed by atoms with Gasteiger partial charge in [-0.3, -0.25) is 0 Å². The van der Waals surface area contributed by atoms with Gasteiger partial charge in [-0.05, 0) is 46.8 Å². The Balaban J connectivity index is 1.56. The first-order chi connectivity index (χ1) is 12.6. The van der Waals surface area contributed by atoms with Crippen LogP contribution in [-0.2, 0) is 0 Å². The summed E-state index contributed by atoms with van der Waals surface area (Å²) in [6.45, 7) is 0. The van der Waals surface area contributed by atoms with Gasteiger partial charge in [0, 0.05) is 22.8 Å². The van der Waals surface area contributed by atoms with Crippen molar-refractivity contribution in [3.05, 3.63) is 64.4 Å². The zero-order valence-corrected chi connectivity index (χ0v) is 14.4. The lowest BCUT2D eigenvalue weighted by molar-refractivity contribution is 0.443. The molecule has 26 heavy (non-hydrogen) atoms. The zero-order chi connectivity index (χ0) is 18.1. The van der Waals surface area contributed by atoms with Crippen LogP contribution in [-0.4, -0.2) is 25.3 Å². The summed E-state index contributed by atoms with van der Waals surface area (Å²) < 4.78 is 21.1. The Labute approximate surface area is 156 Å². The minimum absolute atomic E-state index is 0.0172. The Kier molecular flexibility index (Phi) is 4.27. The third-order valence-corrected chi connectivity index (χ3v) is 3.93. The fourth-order valence-corrected chi connectivity index (χ4v) is 2.52. The van der Waals surface area contributed by atoms with E-state index in [1.54, 1.807) is 30.3 Å². The quantitative estimate of drug-likeness (QED) is 0.552. The van der Waals surface area contributed by atoms with Crippen LogP contribution in [0.5, 0.6) is 11.5 Å². The smallest absolute Gasteiger partial charge is 0.200 e. The minimum atomic E-state index is -0.574. The molecule has 0 fully saturated rings. The lowest BCUT2D eigenvalue weighted by Gasteiger charge is -2.11. The van der Waals surface area contributed by atoms with Gasteiger partial charge in [0.25, 0.3) is 0 Å². The van der Waals surface area contributed by atoms with E-state index in [-0.39, 0.29) is 11.5 Å². The summed E-state index contributed by atoms with van der Waals surface area (Å²) >= 11 is 11.9. The standard InChI is InChI=1S/C16H9Cl2FN6O/c17-9-1-3-11(18)14(7-9)26-13-4-2-10(8-12(13)19)20-15-5-6-16-21-23-24-25(16)22-15/h1-8H,(H,20,22). The van der Waals surface area contributed by atoms with Gasteiger partial charge < -0.3 is 10.1 Å². The molecule has 0 saturated heterocycles. The van der Waals surface area contributed by atoms with Crippen LogP contribution in [0.3, 0.4) is 0 Å². The first-order valence-electron chi connectivity index (χ1n) is 7.33. The molecule has 2 aromatic heterocycles. The first kappa shape index (κ1) is 16.5. The topological polar surface area (TPSA) is 77.2 Å². The van der Waals surface area contributed by atoms with Gasteiger partial charge in [0.05, 0.1) is 5.02 Å². The lowest BCUT2D eigenvalue weighted by Crippen LogP contribution is -2.00. The number of halogens is 3. The molecule has 0 spiro atoms. The fourth-order valence-electron chi connectivity index (χ4n) is 2.20. The molecule has 0 unspecified atom stereocenters. The molecule has 2 aromatic carbocycles. The molecule has 0 aliphatic carbocycles. The van der Waals surface area contributed by atoms with Crippen molar-refractivity contribution in [1.82, 2.24) is 25.3 Å². The third-order valence-electron chi connectivity index (χ3n) is 3.39. The summed E-state index contributed by atoms with van der Waals surface area (Å²) in [5.74, 6) is 0.165. The molecule has 0 atom stereocenters. The maximum atomic E-state index is 14.4. The second-order valence-electron chi connectivity index (χ2n) is 5.19. The van der Waals surface area contributed by atoms with E-state index >= 15 is 0 Å². The molecule has 130 valence electrons. The monoisotopic (exact) mass is 390 g/mol. The van der Waals surface area contributed by atoms with E-state index in [4.69, 9.17) is 27.9 Å². The van der Waals surface area contributed by atoms with Crippen LogP contribution < -0.4 is 10.1 Å². The second kappa shape index (κ2) is 6.74. The van der Waals surface area contributed by atoms with Crippen LogP contribution in [0.4, 0.5) is 15.9 Å². The maximum Gasteiger partial charge on any atom is 0.200 e. The number of nitrogens with one attached hydrogen (secondary N) is 1. The summed E-state index contributed by atoms with van der Waals surface area (Å²) in [5.41, 5.74) is 0.982. The molecule has 10 heteroatoms. The highest BCUT2D eigenvalue weighted by Gasteiger charge is 2.10. The Morgan fingerprint density at radius 1 is 1.00 bits per heavy atom. The van der Waals surface area contributed by atoms with Crippen molar-refractivity contribution in [3.8, 4) is 11.5 Å². The van der Waals surface area contributed by atoms with Crippen LogP contribution in [0.2, 0.25) is 10.0 Å².